The van der Waals surface area contributed by atoms with Gasteiger partial charge in [-0.2, -0.15) is 0 Å². The molecule has 7 nitrogen and oxygen atoms in total. The highest BCUT2D eigenvalue weighted by Gasteiger charge is 2.03. The molecule has 0 fully saturated rings. The Kier molecular flexibility index (Phi) is 5.56. The number of aryl methyl sites for hydroxylation is 1. The minimum absolute atomic E-state index is 0.0856. The molecule has 0 aliphatic rings. The largest absolute Gasteiger partial charge is 0.481 e. The lowest BCUT2D eigenvalue weighted by Crippen LogP contribution is -2.27. The van der Waals surface area contributed by atoms with Gasteiger partial charge in [-0.25, -0.2) is 9.97 Å². The molecule has 18 heavy (non-hydrogen) atoms. The zero-order valence-electron chi connectivity index (χ0n) is 10.0. The molecule has 1 aromatic heterocycles. The molecule has 1 rings (SSSR count). The van der Waals surface area contributed by atoms with Crippen LogP contribution in [0.15, 0.2) is 12.4 Å². The smallest absolute Gasteiger partial charge is 0.305 e. The summed E-state index contributed by atoms with van der Waals surface area (Å²) in [5, 5.41) is 10.9. The molecule has 0 bridgehead atoms. The van der Waals surface area contributed by atoms with E-state index in [4.69, 9.17) is 9.84 Å². The lowest BCUT2D eigenvalue weighted by atomic mass is 10.4. The number of carbonyl (C=O) groups excluding carboxylic acids is 1. The minimum Gasteiger partial charge on any atom is -0.481 e. The molecule has 0 unspecified atom stereocenters. The van der Waals surface area contributed by atoms with Crippen LogP contribution in [0.1, 0.15) is 18.5 Å². The van der Waals surface area contributed by atoms with Gasteiger partial charge in [-0.05, 0) is 6.92 Å². The Bertz CT molecular complexity index is 423. The van der Waals surface area contributed by atoms with Crippen LogP contribution in [0.4, 0.5) is 0 Å². The van der Waals surface area contributed by atoms with Crippen LogP contribution in [0.2, 0.25) is 0 Å². The molecule has 1 aromatic rings. The number of hydrogen-bond donors (Lipinski definition) is 2. The topological polar surface area (TPSA) is 101 Å². The van der Waals surface area contributed by atoms with Gasteiger partial charge in [0.1, 0.15) is 6.33 Å². The monoisotopic (exact) mass is 253 g/mol. The van der Waals surface area contributed by atoms with E-state index in [2.05, 4.69) is 15.3 Å². The first kappa shape index (κ1) is 13.9. The number of hydrogen-bond acceptors (Lipinski definition) is 5. The zero-order valence-corrected chi connectivity index (χ0v) is 10.0. The summed E-state index contributed by atoms with van der Waals surface area (Å²) in [5.74, 6) is -0.772. The molecule has 98 valence electrons. The summed E-state index contributed by atoms with van der Waals surface area (Å²) in [5.41, 5.74) is 0.783. The molecule has 0 atom stereocenters. The number of rotatable bonds is 7. The first-order chi connectivity index (χ1) is 8.58. The van der Waals surface area contributed by atoms with Crippen molar-refractivity contribution in [3.8, 4) is 5.88 Å². The molecular weight excluding hydrogens is 238 g/mol. The van der Waals surface area contributed by atoms with E-state index in [1.165, 1.54) is 6.33 Å². The number of ether oxygens (including phenoxy) is 1. The number of aliphatic carboxylic acids is 1. The lowest BCUT2D eigenvalue weighted by molar-refractivity contribution is -0.136. The molecule has 1 amide bonds. The zero-order chi connectivity index (χ0) is 13.4. The third kappa shape index (κ3) is 5.78. The van der Waals surface area contributed by atoms with E-state index in [1.54, 1.807) is 6.07 Å². The van der Waals surface area contributed by atoms with Crippen molar-refractivity contribution >= 4 is 11.9 Å². The Morgan fingerprint density at radius 2 is 2.17 bits per heavy atom. The van der Waals surface area contributed by atoms with Gasteiger partial charge in [-0.1, -0.05) is 0 Å². The number of nitrogens with one attached hydrogen (secondary N) is 1. The molecule has 7 heteroatoms. The average Bonchev–Trinajstić information content (AvgIpc) is 2.28. The van der Waals surface area contributed by atoms with Crippen LogP contribution < -0.4 is 10.1 Å². The molecule has 1 heterocycles. The highest BCUT2D eigenvalue weighted by atomic mass is 16.5. The normalized spacial score (nSPS) is 9.83. The quantitative estimate of drug-likeness (QED) is 0.717. The van der Waals surface area contributed by atoms with Crippen LogP contribution in [-0.4, -0.2) is 40.1 Å². The standard InChI is InChI=1S/C11H15N3O4/c1-8-6-10(14-7-13-8)18-5-3-9(15)12-4-2-11(16)17/h6-7H,2-5H2,1H3,(H,12,15)(H,16,17). The summed E-state index contributed by atoms with van der Waals surface area (Å²) in [6.45, 7) is 2.13. The van der Waals surface area contributed by atoms with Crippen molar-refractivity contribution < 1.29 is 19.4 Å². The molecule has 0 aliphatic carbocycles. The second kappa shape index (κ2) is 7.21. The van der Waals surface area contributed by atoms with Crippen LogP contribution in [-0.2, 0) is 9.59 Å². The number of carbonyl (C=O) groups is 2. The summed E-state index contributed by atoms with van der Waals surface area (Å²) >= 11 is 0. The van der Waals surface area contributed by atoms with Crippen LogP contribution >= 0.6 is 0 Å². The van der Waals surface area contributed by atoms with E-state index < -0.39 is 5.97 Å². The van der Waals surface area contributed by atoms with Crippen molar-refractivity contribution in [2.75, 3.05) is 13.2 Å². The average molecular weight is 253 g/mol. The third-order valence-corrected chi connectivity index (χ3v) is 2.02. The summed E-state index contributed by atoms with van der Waals surface area (Å²) in [6.07, 6.45) is 1.46. The maximum atomic E-state index is 11.3. The number of amides is 1. The molecule has 0 saturated carbocycles. The van der Waals surface area contributed by atoms with Gasteiger partial charge in [-0.3, -0.25) is 9.59 Å². The fourth-order valence-electron chi connectivity index (χ4n) is 1.15. The number of aromatic nitrogens is 2. The molecule has 0 aromatic carbocycles. The van der Waals surface area contributed by atoms with Crippen molar-refractivity contribution in [3.63, 3.8) is 0 Å². The molecule has 2 N–H and O–H groups in total. The van der Waals surface area contributed by atoms with Crippen molar-refractivity contribution in [3.05, 3.63) is 18.1 Å². The van der Waals surface area contributed by atoms with Gasteiger partial charge >= 0.3 is 5.97 Å². The van der Waals surface area contributed by atoms with Crippen molar-refractivity contribution in [2.45, 2.75) is 19.8 Å². The predicted octanol–water partition coefficient (Wildman–Crippen LogP) is 0.145. The lowest BCUT2D eigenvalue weighted by Gasteiger charge is -2.05. The summed E-state index contributed by atoms with van der Waals surface area (Å²) < 4.78 is 5.26. The summed E-state index contributed by atoms with van der Waals surface area (Å²) in [4.78, 5) is 29.3. The number of nitrogens with zero attached hydrogens (tertiary/aromatic N) is 2. The van der Waals surface area contributed by atoms with E-state index in [0.29, 0.717) is 5.88 Å². The maximum absolute atomic E-state index is 11.3. The fraction of sp³-hybridized carbons (Fsp3) is 0.455. The van der Waals surface area contributed by atoms with Crippen LogP contribution in [0, 0.1) is 6.92 Å². The van der Waals surface area contributed by atoms with Gasteiger partial charge < -0.3 is 15.2 Å². The van der Waals surface area contributed by atoms with Gasteiger partial charge in [-0.15, -0.1) is 0 Å². The molecular formula is C11H15N3O4. The van der Waals surface area contributed by atoms with Gasteiger partial charge in [0, 0.05) is 18.3 Å². The number of carboxylic acid groups (broad SMARTS) is 1. The van der Waals surface area contributed by atoms with E-state index in [0.717, 1.165) is 5.69 Å². The van der Waals surface area contributed by atoms with Gasteiger partial charge in [0.05, 0.1) is 19.4 Å². The molecule has 0 spiro atoms. The van der Waals surface area contributed by atoms with Crippen LogP contribution in [0.3, 0.4) is 0 Å². The maximum Gasteiger partial charge on any atom is 0.305 e. The molecule has 0 radical (unpaired) electrons. The van der Waals surface area contributed by atoms with E-state index >= 15 is 0 Å². The number of carboxylic acids is 1. The second-order valence-corrected chi connectivity index (χ2v) is 3.59. The highest BCUT2D eigenvalue weighted by Crippen LogP contribution is 2.05. The van der Waals surface area contributed by atoms with Crippen LogP contribution in [0.5, 0.6) is 5.88 Å². The highest BCUT2D eigenvalue weighted by molar-refractivity contribution is 5.76. The SMILES string of the molecule is Cc1cc(OCCC(=O)NCCC(=O)O)ncn1. The van der Waals surface area contributed by atoms with Gasteiger partial charge in [0.25, 0.3) is 0 Å². The Labute approximate surface area is 104 Å². The van der Waals surface area contributed by atoms with E-state index in [-0.39, 0.29) is 31.9 Å². The first-order valence-electron chi connectivity index (χ1n) is 5.48. The van der Waals surface area contributed by atoms with Crippen molar-refractivity contribution in [1.29, 1.82) is 0 Å². The Morgan fingerprint density at radius 1 is 1.39 bits per heavy atom. The van der Waals surface area contributed by atoms with Crippen molar-refractivity contribution in [1.82, 2.24) is 15.3 Å². The third-order valence-electron chi connectivity index (χ3n) is 2.02. The van der Waals surface area contributed by atoms with Crippen molar-refractivity contribution in [2.24, 2.45) is 0 Å². The molecule has 0 saturated heterocycles. The Morgan fingerprint density at radius 3 is 2.83 bits per heavy atom. The second-order valence-electron chi connectivity index (χ2n) is 3.59. The Hall–Kier alpha value is -2.18. The first-order valence-corrected chi connectivity index (χ1v) is 5.48. The van der Waals surface area contributed by atoms with Gasteiger partial charge in [0.2, 0.25) is 11.8 Å². The minimum atomic E-state index is -0.942. The van der Waals surface area contributed by atoms with E-state index in [9.17, 15) is 9.59 Å². The fourth-order valence-corrected chi connectivity index (χ4v) is 1.15. The summed E-state index contributed by atoms with van der Waals surface area (Å²) in [7, 11) is 0. The predicted molar refractivity (Wildman–Crippen MR) is 62.1 cm³/mol. The van der Waals surface area contributed by atoms with Crippen LogP contribution in [0.25, 0.3) is 0 Å². The molecule has 0 aliphatic heterocycles. The Balaban J connectivity index is 2.17. The van der Waals surface area contributed by atoms with Gasteiger partial charge in [0.15, 0.2) is 0 Å². The summed E-state index contributed by atoms with van der Waals surface area (Å²) in [6, 6.07) is 1.67. The van der Waals surface area contributed by atoms with E-state index in [1.807, 2.05) is 6.92 Å².